The molecule has 0 atom stereocenters. The van der Waals surface area contributed by atoms with Crippen molar-refractivity contribution in [3.05, 3.63) is 0 Å². The van der Waals surface area contributed by atoms with Gasteiger partial charge in [-0.2, -0.15) is 0 Å². The Morgan fingerprint density at radius 3 is 2.31 bits per heavy atom. The highest BCUT2D eigenvalue weighted by molar-refractivity contribution is 9.09. The second kappa shape index (κ2) is 6.34. The van der Waals surface area contributed by atoms with Crippen LogP contribution in [0.3, 0.4) is 0 Å². The van der Waals surface area contributed by atoms with Crippen molar-refractivity contribution in [3.8, 4) is 0 Å². The highest BCUT2D eigenvalue weighted by atomic mass is 79.9. The summed E-state index contributed by atoms with van der Waals surface area (Å²) in [6.07, 6.45) is 1.93. The number of ether oxygens (including phenoxy) is 3. The Kier molecular flexibility index (Phi) is 5.71. The van der Waals surface area contributed by atoms with Crippen molar-refractivity contribution >= 4 is 15.9 Å². The number of halogens is 1. The Hall–Kier alpha value is 0.360. The van der Waals surface area contributed by atoms with Crippen LogP contribution < -0.4 is 0 Å². The monoisotopic (exact) mass is 294 g/mol. The zero-order chi connectivity index (χ0) is 12.1. The fraction of sp³-hybridized carbons (Fsp3) is 1.00. The van der Waals surface area contributed by atoms with Crippen LogP contribution in [0, 0.1) is 0 Å². The molecule has 4 heteroatoms. The molecule has 0 aliphatic carbocycles. The Bertz CT molecular complexity index is 195. The van der Waals surface area contributed by atoms with E-state index < -0.39 is 0 Å². The van der Waals surface area contributed by atoms with Gasteiger partial charge in [-0.15, -0.1) is 0 Å². The molecule has 0 aromatic rings. The number of rotatable bonds is 5. The predicted molar refractivity (Wildman–Crippen MR) is 68.2 cm³/mol. The van der Waals surface area contributed by atoms with Crippen LogP contribution in [0.15, 0.2) is 0 Å². The van der Waals surface area contributed by atoms with Gasteiger partial charge in [0.15, 0.2) is 0 Å². The molecule has 3 nitrogen and oxygen atoms in total. The maximum Gasteiger partial charge on any atom is 0.0823 e. The number of alkyl halides is 1. The summed E-state index contributed by atoms with van der Waals surface area (Å²) < 4.78 is 17.0. The molecule has 1 fully saturated rings. The summed E-state index contributed by atoms with van der Waals surface area (Å²) >= 11 is 3.54. The highest BCUT2D eigenvalue weighted by Crippen LogP contribution is 2.27. The minimum atomic E-state index is -0.0827. The number of hydrogen-bond acceptors (Lipinski definition) is 3. The third-order valence-corrected chi connectivity index (χ3v) is 3.70. The molecule has 16 heavy (non-hydrogen) atoms. The molecule has 0 radical (unpaired) electrons. The lowest BCUT2D eigenvalue weighted by molar-refractivity contribution is -0.120. The molecule has 1 heterocycles. The summed E-state index contributed by atoms with van der Waals surface area (Å²) in [5.41, 5.74) is -0.125. The first kappa shape index (κ1) is 14.4. The second-order valence-electron chi connectivity index (χ2n) is 5.24. The molecule has 0 saturated carbocycles. The SMILES string of the molecule is CC(C)(C)OCCOC1(CBr)CCOCC1. The topological polar surface area (TPSA) is 27.7 Å². The fourth-order valence-corrected chi connectivity index (χ4v) is 2.39. The van der Waals surface area contributed by atoms with Gasteiger partial charge in [-0.25, -0.2) is 0 Å². The lowest BCUT2D eigenvalue weighted by Crippen LogP contribution is -2.41. The van der Waals surface area contributed by atoms with E-state index in [4.69, 9.17) is 14.2 Å². The van der Waals surface area contributed by atoms with Crippen LogP contribution in [-0.2, 0) is 14.2 Å². The van der Waals surface area contributed by atoms with Crippen LogP contribution in [0.1, 0.15) is 33.6 Å². The molecule has 0 amide bonds. The van der Waals surface area contributed by atoms with Crippen molar-refractivity contribution in [3.63, 3.8) is 0 Å². The van der Waals surface area contributed by atoms with Gasteiger partial charge in [0.25, 0.3) is 0 Å². The van der Waals surface area contributed by atoms with Crippen molar-refractivity contribution in [1.82, 2.24) is 0 Å². The standard InChI is InChI=1S/C12H23BrO3/c1-11(2,3)15-8-9-16-12(10-13)4-6-14-7-5-12/h4-10H2,1-3H3. The van der Waals surface area contributed by atoms with E-state index in [0.29, 0.717) is 13.2 Å². The van der Waals surface area contributed by atoms with Gasteiger partial charge < -0.3 is 14.2 Å². The lowest BCUT2D eigenvalue weighted by Gasteiger charge is -2.35. The summed E-state index contributed by atoms with van der Waals surface area (Å²) in [6, 6.07) is 0. The van der Waals surface area contributed by atoms with Crippen molar-refractivity contribution in [1.29, 1.82) is 0 Å². The molecule has 1 rings (SSSR count). The van der Waals surface area contributed by atoms with Crippen LogP contribution in [0.5, 0.6) is 0 Å². The normalized spacial score (nSPS) is 21.0. The van der Waals surface area contributed by atoms with Crippen LogP contribution in [-0.4, -0.2) is 43.0 Å². The van der Waals surface area contributed by atoms with Gasteiger partial charge in [-0.3, -0.25) is 0 Å². The van der Waals surface area contributed by atoms with Gasteiger partial charge >= 0.3 is 0 Å². The summed E-state index contributed by atoms with van der Waals surface area (Å²) in [5, 5.41) is 0.874. The van der Waals surface area contributed by atoms with E-state index in [1.807, 2.05) is 0 Å². The Balaban J connectivity index is 2.23. The minimum Gasteiger partial charge on any atom is -0.381 e. The van der Waals surface area contributed by atoms with E-state index in [1.54, 1.807) is 0 Å². The zero-order valence-corrected chi connectivity index (χ0v) is 12.1. The Morgan fingerprint density at radius 2 is 1.81 bits per heavy atom. The van der Waals surface area contributed by atoms with Crippen molar-refractivity contribution in [2.75, 3.05) is 31.8 Å². The first-order chi connectivity index (χ1) is 7.47. The average molecular weight is 295 g/mol. The quantitative estimate of drug-likeness (QED) is 0.576. The van der Waals surface area contributed by atoms with Crippen LogP contribution in [0.4, 0.5) is 0 Å². The van der Waals surface area contributed by atoms with Gasteiger partial charge in [0.1, 0.15) is 0 Å². The van der Waals surface area contributed by atoms with E-state index in [1.165, 1.54) is 0 Å². The molecular formula is C12H23BrO3. The van der Waals surface area contributed by atoms with Crippen molar-refractivity contribution in [2.24, 2.45) is 0 Å². The first-order valence-electron chi connectivity index (χ1n) is 5.89. The average Bonchev–Trinajstić information content (AvgIpc) is 2.25. The molecule has 1 aliphatic heterocycles. The second-order valence-corrected chi connectivity index (χ2v) is 5.80. The Labute approximate surface area is 107 Å². The molecule has 1 aliphatic rings. The van der Waals surface area contributed by atoms with Crippen molar-refractivity contribution < 1.29 is 14.2 Å². The summed E-state index contributed by atoms with van der Waals surface area (Å²) in [7, 11) is 0. The summed E-state index contributed by atoms with van der Waals surface area (Å²) in [4.78, 5) is 0. The molecule has 0 bridgehead atoms. The molecular weight excluding hydrogens is 272 g/mol. The van der Waals surface area contributed by atoms with Gasteiger partial charge in [0.05, 0.1) is 24.4 Å². The first-order valence-corrected chi connectivity index (χ1v) is 7.01. The minimum absolute atomic E-state index is 0.0422. The van der Waals surface area contributed by atoms with Crippen LogP contribution in [0.25, 0.3) is 0 Å². The lowest BCUT2D eigenvalue weighted by atomic mass is 9.97. The maximum atomic E-state index is 5.96. The summed E-state index contributed by atoms with van der Waals surface area (Å²) in [6.45, 7) is 9.07. The smallest absolute Gasteiger partial charge is 0.0823 e. The van der Waals surface area contributed by atoms with Gasteiger partial charge in [0.2, 0.25) is 0 Å². The van der Waals surface area contributed by atoms with E-state index >= 15 is 0 Å². The molecule has 0 N–H and O–H groups in total. The Morgan fingerprint density at radius 1 is 1.19 bits per heavy atom. The highest BCUT2D eigenvalue weighted by Gasteiger charge is 2.32. The third-order valence-electron chi connectivity index (χ3n) is 2.67. The molecule has 0 unspecified atom stereocenters. The van der Waals surface area contributed by atoms with Crippen LogP contribution >= 0.6 is 15.9 Å². The fourth-order valence-electron chi connectivity index (χ4n) is 1.67. The maximum absolute atomic E-state index is 5.96. The zero-order valence-electron chi connectivity index (χ0n) is 10.6. The van der Waals surface area contributed by atoms with E-state index in [0.717, 1.165) is 31.4 Å². The largest absolute Gasteiger partial charge is 0.381 e. The third kappa shape index (κ3) is 5.13. The van der Waals surface area contributed by atoms with Gasteiger partial charge in [-0.05, 0) is 20.8 Å². The molecule has 0 aromatic carbocycles. The van der Waals surface area contributed by atoms with Crippen LogP contribution in [0.2, 0.25) is 0 Å². The van der Waals surface area contributed by atoms with E-state index in [9.17, 15) is 0 Å². The van der Waals surface area contributed by atoms with Crippen molar-refractivity contribution in [2.45, 2.75) is 44.8 Å². The van der Waals surface area contributed by atoms with Gasteiger partial charge in [0, 0.05) is 31.4 Å². The number of hydrogen-bond donors (Lipinski definition) is 0. The predicted octanol–water partition coefficient (Wildman–Crippen LogP) is 2.76. The van der Waals surface area contributed by atoms with E-state index in [2.05, 4.69) is 36.7 Å². The summed E-state index contributed by atoms with van der Waals surface area (Å²) in [5.74, 6) is 0. The molecule has 96 valence electrons. The molecule has 1 saturated heterocycles. The molecule has 0 spiro atoms. The van der Waals surface area contributed by atoms with Gasteiger partial charge in [-0.1, -0.05) is 15.9 Å². The molecule has 0 aromatic heterocycles. The van der Waals surface area contributed by atoms with E-state index in [-0.39, 0.29) is 11.2 Å².